The Balaban J connectivity index is 1.29. The summed E-state index contributed by atoms with van der Waals surface area (Å²) in [6, 6.07) is 44.3. The monoisotopic (exact) mass is 963 g/mol. The molecule has 0 amide bonds. The van der Waals surface area contributed by atoms with Crippen molar-refractivity contribution in [2.45, 2.75) is 18.9 Å². The van der Waals surface area contributed by atoms with Gasteiger partial charge in [0.1, 0.15) is 0 Å². The van der Waals surface area contributed by atoms with Crippen LogP contribution in [0.15, 0.2) is 151 Å². The van der Waals surface area contributed by atoms with Crippen LogP contribution in [0.1, 0.15) is 13.3 Å². The molecular weight excluding hydrogens is 934 g/mol. The molecule has 0 radical (unpaired) electrons. The first-order valence-corrected chi connectivity index (χ1v) is 28.0. The van der Waals surface area contributed by atoms with Gasteiger partial charge in [-0.2, -0.15) is 0 Å². The summed E-state index contributed by atoms with van der Waals surface area (Å²) in [5.41, 5.74) is 8.61. The Kier molecular flexibility index (Phi) is 12.0. The van der Waals surface area contributed by atoms with Gasteiger partial charge in [0.15, 0.2) is 0 Å². The van der Waals surface area contributed by atoms with E-state index in [1.54, 1.807) is 0 Å². The molecule has 0 saturated heterocycles. The molecular formula is C37H29I2NO2P2S4-2. The number of hydrogen-bond donors (Lipinski definition) is 0. The lowest BCUT2D eigenvalue weighted by molar-refractivity contribution is 0.568. The number of hydrogen-bond acceptors (Lipinski definition) is 7. The zero-order chi connectivity index (χ0) is 33.8. The molecule has 0 spiro atoms. The Morgan fingerprint density at radius 1 is 0.604 bits per heavy atom. The molecule has 0 saturated carbocycles. The molecule has 0 fully saturated rings. The quantitative estimate of drug-likeness (QED) is 0.0670. The predicted octanol–water partition coefficient (Wildman–Crippen LogP) is 12.4. The van der Waals surface area contributed by atoms with E-state index < -0.39 is 30.3 Å². The standard InChI is InChI=1S/C37H29I2NO2P2S4/c1-37(25-23-36(24-26-37)44(42)48(39)46)40(34-19-21-35(22-20-34)43(41)47(38)45)33-17-15-32(16-18-33)31-13-11-30(12-14-31)29-9-7-28(8-10-29)27-5-3-2-4-6-27/h2-25H,26H2,1H3/q-2. The highest BCUT2D eigenvalue weighted by Gasteiger charge is 2.32. The number of halogens is 2. The van der Waals surface area contributed by atoms with Gasteiger partial charge >= 0.3 is 0 Å². The molecule has 0 aromatic heterocycles. The third kappa shape index (κ3) is 8.21. The van der Waals surface area contributed by atoms with Gasteiger partial charge in [0.2, 0.25) is 0 Å². The van der Waals surface area contributed by atoms with Crippen molar-refractivity contribution in [1.82, 2.24) is 0 Å². The summed E-state index contributed by atoms with van der Waals surface area (Å²) in [4.78, 5) is 2.29. The highest BCUT2D eigenvalue weighted by atomic mass is 127. The van der Waals surface area contributed by atoms with Crippen molar-refractivity contribution in [2.75, 3.05) is 4.90 Å². The molecule has 0 aliphatic heterocycles. The van der Waals surface area contributed by atoms with E-state index in [1.807, 2.05) is 36.4 Å². The van der Waals surface area contributed by atoms with E-state index in [0.29, 0.717) is 6.42 Å². The summed E-state index contributed by atoms with van der Waals surface area (Å²) in [7, 11) is 0. The van der Waals surface area contributed by atoms with Crippen molar-refractivity contribution >= 4 is 106 Å². The fraction of sp³-hybridized carbons (Fsp3) is 0.0811. The van der Waals surface area contributed by atoms with Crippen LogP contribution < -0.4 is 10.2 Å². The second-order valence-electron chi connectivity index (χ2n) is 11.4. The summed E-state index contributed by atoms with van der Waals surface area (Å²) in [5.74, 6) is -1.26. The lowest BCUT2D eigenvalue weighted by Crippen LogP contribution is -2.42. The van der Waals surface area contributed by atoms with Crippen LogP contribution in [-0.2, 0) is 43.1 Å². The Hall–Kier alpha value is -1.82. The normalized spacial score (nSPS) is 17.6. The van der Waals surface area contributed by atoms with Gasteiger partial charge in [-0.25, -0.2) is 42.4 Å². The van der Waals surface area contributed by atoms with Crippen LogP contribution in [0.4, 0.5) is 11.4 Å². The lowest BCUT2D eigenvalue weighted by atomic mass is 9.89. The van der Waals surface area contributed by atoms with Crippen LogP contribution >= 0.6 is 55.6 Å². The smallest absolute Gasteiger partial charge is 0.0643 e. The van der Waals surface area contributed by atoms with Crippen LogP contribution in [0.2, 0.25) is 0 Å². The van der Waals surface area contributed by atoms with Gasteiger partial charge in [-0.3, -0.25) is 34.0 Å². The molecule has 5 aromatic carbocycles. The van der Waals surface area contributed by atoms with Crippen LogP contribution in [0, 0.1) is 0 Å². The van der Waals surface area contributed by atoms with Crippen LogP contribution in [0.5, 0.6) is 0 Å². The molecule has 244 valence electrons. The number of anilines is 2. The molecule has 48 heavy (non-hydrogen) atoms. The molecule has 0 heterocycles. The van der Waals surface area contributed by atoms with Crippen molar-refractivity contribution < 1.29 is 9.13 Å². The van der Waals surface area contributed by atoms with Gasteiger partial charge in [0.05, 0.1) is 5.54 Å². The fourth-order valence-electron chi connectivity index (χ4n) is 5.79. The number of rotatable bonds is 8. The second-order valence-corrected chi connectivity index (χ2v) is 35.0. The first kappa shape index (κ1) is 36.0. The molecule has 6 rings (SSSR count). The molecule has 3 nitrogen and oxygen atoms in total. The SMILES string of the molecule is CC1(N(c2ccc(-c3ccc(-c4ccc(-c5ccccc5)cc4)cc3)cc2)c2ccc(P(=O)=[S-](=S)I)cc2)C=CC(P(=O)=[S-](=S)I)=CC1. The summed E-state index contributed by atoms with van der Waals surface area (Å²) < 4.78 is 25.5. The third-order valence-corrected chi connectivity index (χ3v) is 22.0. The minimum Gasteiger partial charge on any atom is -0.332 e. The molecule has 3 atom stereocenters. The van der Waals surface area contributed by atoms with E-state index in [-0.39, 0.29) is 0 Å². The molecule has 11 heteroatoms. The van der Waals surface area contributed by atoms with Crippen LogP contribution in [0.3, 0.4) is 0 Å². The first-order valence-electron chi connectivity index (χ1n) is 14.9. The largest absolute Gasteiger partial charge is 0.332 e. The number of benzene rings is 5. The highest BCUT2D eigenvalue weighted by molar-refractivity contribution is 14.2. The molecule has 0 N–H and O–H groups in total. The summed E-state index contributed by atoms with van der Waals surface area (Å²) in [6.45, 7) is -1.06. The van der Waals surface area contributed by atoms with E-state index in [1.165, 1.54) is 22.3 Å². The Labute approximate surface area is 320 Å². The van der Waals surface area contributed by atoms with Crippen molar-refractivity contribution in [1.29, 1.82) is 0 Å². The summed E-state index contributed by atoms with van der Waals surface area (Å²) in [5, 5.41) is 1.57. The zero-order valence-electron chi connectivity index (χ0n) is 25.6. The second kappa shape index (κ2) is 16.0. The van der Waals surface area contributed by atoms with E-state index in [4.69, 9.17) is 22.4 Å². The first-order chi connectivity index (χ1) is 23.1. The van der Waals surface area contributed by atoms with Crippen molar-refractivity contribution in [3.05, 3.63) is 151 Å². The maximum Gasteiger partial charge on any atom is 0.0643 e. The van der Waals surface area contributed by atoms with Gasteiger partial charge in [-0.1, -0.05) is 109 Å². The van der Waals surface area contributed by atoms with E-state index in [2.05, 4.69) is 163 Å². The molecule has 0 bridgehead atoms. The van der Waals surface area contributed by atoms with Crippen molar-refractivity contribution in [3.63, 3.8) is 0 Å². The van der Waals surface area contributed by atoms with Gasteiger partial charge in [-0.15, -0.1) is 0 Å². The zero-order valence-corrected chi connectivity index (χ0v) is 35.0. The Morgan fingerprint density at radius 3 is 1.40 bits per heavy atom. The molecule has 5 aromatic rings. The molecule has 3 unspecified atom stereocenters. The maximum atomic E-state index is 12.8. The van der Waals surface area contributed by atoms with Crippen molar-refractivity contribution in [2.24, 2.45) is 0 Å². The molecule has 1 aliphatic rings. The third-order valence-electron chi connectivity index (χ3n) is 8.31. The van der Waals surface area contributed by atoms with E-state index in [9.17, 15) is 9.13 Å². The summed E-state index contributed by atoms with van der Waals surface area (Å²) >= 11 is 14.8. The minimum atomic E-state index is -1.63. The van der Waals surface area contributed by atoms with E-state index in [0.717, 1.165) is 33.1 Å². The van der Waals surface area contributed by atoms with Gasteiger partial charge in [-0.05, 0) is 83.1 Å². The lowest BCUT2D eigenvalue weighted by Gasteiger charge is -2.42. The minimum absolute atomic E-state index is 0.431. The number of allylic oxidation sites excluding steroid dienone is 2. The van der Waals surface area contributed by atoms with Gasteiger partial charge in [0.25, 0.3) is 0 Å². The average Bonchev–Trinajstić information content (AvgIpc) is 3.12. The fourth-order valence-corrected chi connectivity index (χ4v) is 14.4. The molecule has 1 aliphatic carbocycles. The van der Waals surface area contributed by atoms with Crippen molar-refractivity contribution in [3.8, 4) is 33.4 Å². The van der Waals surface area contributed by atoms with Gasteiger partial charge in [0, 0.05) is 35.1 Å². The summed E-state index contributed by atoms with van der Waals surface area (Å²) in [6.07, 6.45) is 6.83. The van der Waals surface area contributed by atoms with Gasteiger partial charge < -0.3 is 14.0 Å². The maximum absolute atomic E-state index is 12.8. The Morgan fingerprint density at radius 2 is 1.00 bits per heavy atom. The topological polar surface area (TPSA) is 37.4 Å². The number of nitrogens with zero attached hydrogens (tertiary/aromatic N) is 1. The predicted molar refractivity (Wildman–Crippen MR) is 234 cm³/mol. The van der Waals surface area contributed by atoms with E-state index >= 15 is 0 Å². The van der Waals surface area contributed by atoms with Crippen LogP contribution in [-0.4, -0.2) is 5.54 Å². The Bertz CT molecular complexity index is 2300. The average molecular weight is 964 g/mol. The van der Waals surface area contributed by atoms with Crippen LogP contribution in [0.25, 0.3) is 33.4 Å². The highest BCUT2D eigenvalue weighted by Crippen LogP contribution is 2.42.